The zero-order valence-electron chi connectivity index (χ0n) is 16.6. The Morgan fingerprint density at radius 1 is 1.17 bits per heavy atom. The summed E-state index contributed by atoms with van der Waals surface area (Å²) in [5.41, 5.74) is 1.93. The first-order valence-corrected chi connectivity index (χ1v) is 11.2. The van der Waals surface area contributed by atoms with E-state index in [0.717, 1.165) is 23.3 Å². The number of benzene rings is 1. The fourth-order valence-electron chi connectivity index (χ4n) is 3.52. The summed E-state index contributed by atoms with van der Waals surface area (Å²) in [7, 11) is 0. The predicted molar refractivity (Wildman–Crippen MR) is 119 cm³/mol. The largest absolute Gasteiger partial charge is 0.356 e. The molecule has 1 aromatic carbocycles. The quantitative estimate of drug-likeness (QED) is 0.452. The predicted octanol–water partition coefficient (Wildman–Crippen LogP) is 3.46. The van der Waals surface area contributed by atoms with Crippen molar-refractivity contribution in [2.45, 2.75) is 39.2 Å². The number of nitrogens with zero attached hydrogens (tertiary/aromatic N) is 4. The summed E-state index contributed by atoms with van der Waals surface area (Å²) in [5, 5.41) is 14.1. The molecule has 0 bridgehead atoms. The standard InChI is InChI=1S/C21H22ClN5O2S/c1-2-26-20(29)19-16(11-13-30-19)27-17(24-25-21(26)27)4-3-5-18(28)23-12-10-14-6-8-15(22)9-7-14/h6-9,11,13H,2-5,10,12H2,1H3,(H,23,28). The van der Waals surface area contributed by atoms with Crippen molar-refractivity contribution >= 4 is 44.8 Å². The molecular weight excluding hydrogens is 422 g/mol. The molecule has 9 heteroatoms. The van der Waals surface area contributed by atoms with Crippen LogP contribution in [0.5, 0.6) is 0 Å². The van der Waals surface area contributed by atoms with Crippen LogP contribution in [0.15, 0.2) is 40.5 Å². The molecule has 0 atom stereocenters. The molecule has 1 amide bonds. The molecule has 0 radical (unpaired) electrons. The molecule has 0 fully saturated rings. The SMILES string of the molecule is CCn1c(=O)c2sccc2n2c(CCCC(=O)NCCc3ccc(Cl)cc3)nnc12. The van der Waals surface area contributed by atoms with Crippen LogP contribution < -0.4 is 10.9 Å². The molecule has 0 saturated heterocycles. The third-order valence-electron chi connectivity index (χ3n) is 5.05. The number of nitrogens with one attached hydrogen (secondary N) is 1. The first-order chi connectivity index (χ1) is 14.6. The topological polar surface area (TPSA) is 81.3 Å². The highest BCUT2D eigenvalue weighted by Gasteiger charge is 2.16. The minimum atomic E-state index is -0.0333. The van der Waals surface area contributed by atoms with Crippen LogP contribution in [0.4, 0.5) is 0 Å². The second kappa shape index (κ2) is 8.97. The maximum atomic E-state index is 12.6. The van der Waals surface area contributed by atoms with Crippen molar-refractivity contribution in [2.75, 3.05) is 6.54 Å². The summed E-state index contributed by atoms with van der Waals surface area (Å²) in [6, 6.07) is 9.55. The average Bonchev–Trinajstić information content (AvgIpc) is 3.37. The second-order valence-corrected chi connectivity index (χ2v) is 8.37. The van der Waals surface area contributed by atoms with Gasteiger partial charge in [-0.05, 0) is 48.9 Å². The van der Waals surface area contributed by atoms with Crippen LogP contribution in [0.3, 0.4) is 0 Å². The Kier molecular flexibility index (Phi) is 6.15. The maximum Gasteiger partial charge on any atom is 0.272 e. The zero-order chi connectivity index (χ0) is 21.1. The van der Waals surface area contributed by atoms with E-state index in [0.29, 0.717) is 47.9 Å². The monoisotopic (exact) mass is 443 g/mol. The number of amides is 1. The van der Waals surface area contributed by atoms with Gasteiger partial charge in [0.15, 0.2) is 0 Å². The van der Waals surface area contributed by atoms with Crippen molar-refractivity contribution in [2.24, 2.45) is 0 Å². The molecule has 0 aliphatic heterocycles. The summed E-state index contributed by atoms with van der Waals surface area (Å²) >= 11 is 7.31. The second-order valence-electron chi connectivity index (χ2n) is 7.02. The van der Waals surface area contributed by atoms with E-state index >= 15 is 0 Å². The van der Waals surface area contributed by atoms with Crippen LogP contribution in [0.2, 0.25) is 5.02 Å². The third-order valence-corrected chi connectivity index (χ3v) is 6.19. The minimum Gasteiger partial charge on any atom is -0.356 e. The lowest BCUT2D eigenvalue weighted by molar-refractivity contribution is -0.121. The van der Waals surface area contributed by atoms with E-state index in [-0.39, 0.29) is 11.5 Å². The van der Waals surface area contributed by atoms with Gasteiger partial charge in [-0.3, -0.25) is 18.6 Å². The molecule has 0 aliphatic carbocycles. The average molecular weight is 444 g/mol. The van der Waals surface area contributed by atoms with Gasteiger partial charge >= 0.3 is 0 Å². The first-order valence-electron chi connectivity index (χ1n) is 9.93. The number of carbonyl (C=O) groups is 1. The van der Waals surface area contributed by atoms with E-state index in [4.69, 9.17) is 11.6 Å². The van der Waals surface area contributed by atoms with Gasteiger partial charge in [-0.1, -0.05) is 23.7 Å². The fraction of sp³-hybridized carbons (Fsp3) is 0.333. The number of aryl methyl sites for hydroxylation is 2. The summed E-state index contributed by atoms with van der Waals surface area (Å²) in [6.45, 7) is 3.04. The lowest BCUT2D eigenvalue weighted by Gasteiger charge is -2.07. The van der Waals surface area contributed by atoms with Crippen molar-refractivity contribution < 1.29 is 4.79 Å². The van der Waals surface area contributed by atoms with E-state index in [2.05, 4.69) is 15.5 Å². The molecule has 4 aromatic rings. The van der Waals surface area contributed by atoms with E-state index in [9.17, 15) is 9.59 Å². The van der Waals surface area contributed by atoms with Gasteiger partial charge in [-0.2, -0.15) is 0 Å². The van der Waals surface area contributed by atoms with E-state index in [1.807, 2.05) is 47.0 Å². The number of fused-ring (bicyclic) bond motifs is 3. The molecule has 0 unspecified atom stereocenters. The normalized spacial score (nSPS) is 11.4. The van der Waals surface area contributed by atoms with E-state index in [1.165, 1.54) is 11.3 Å². The maximum absolute atomic E-state index is 12.6. The van der Waals surface area contributed by atoms with Gasteiger partial charge < -0.3 is 5.32 Å². The van der Waals surface area contributed by atoms with Gasteiger partial charge in [0.25, 0.3) is 5.56 Å². The van der Waals surface area contributed by atoms with Crippen LogP contribution in [0, 0.1) is 0 Å². The van der Waals surface area contributed by atoms with Crippen LogP contribution in [-0.2, 0) is 24.2 Å². The van der Waals surface area contributed by atoms with Gasteiger partial charge in [0.05, 0.1) is 5.52 Å². The van der Waals surface area contributed by atoms with E-state index in [1.54, 1.807) is 4.57 Å². The number of hydrogen-bond donors (Lipinski definition) is 1. The number of halogens is 1. The Bertz CT molecular complexity index is 1240. The molecule has 3 aromatic heterocycles. The van der Waals surface area contributed by atoms with Gasteiger partial charge in [-0.15, -0.1) is 21.5 Å². The Morgan fingerprint density at radius 2 is 1.97 bits per heavy atom. The van der Waals surface area contributed by atoms with E-state index < -0.39 is 0 Å². The summed E-state index contributed by atoms with van der Waals surface area (Å²) < 4.78 is 4.28. The lowest BCUT2D eigenvalue weighted by atomic mass is 10.1. The molecule has 0 spiro atoms. The van der Waals surface area contributed by atoms with Crippen LogP contribution in [-0.4, -0.2) is 31.6 Å². The van der Waals surface area contributed by atoms with Gasteiger partial charge in [0.1, 0.15) is 10.5 Å². The molecule has 0 saturated carbocycles. The Balaban J connectivity index is 1.37. The number of hydrogen-bond acceptors (Lipinski definition) is 5. The zero-order valence-corrected chi connectivity index (χ0v) is 18.2. The highest BCUT2D eigenvalue weighted by molar-refractivity contribution is 7.17. The van der Waals surface area contributed by atoms with Crippen molar-refractivity contribution in [3.63, 3.8) is 0 Å². The minimum absolute atomic E-state index is 0.0175. The van der Waals surface area contributed by atoms with Crippen molar-refractivity contribution in [1.29, 1.82) is 0 Å². The molecule has 3 heterocycles. The van der Waals surface area contributed by atoms with Crippen LogP contribution in [0.1, 0.15) is 31.2 Å². The molecular formula is C21H22ClN5O2S. The third kappa shape index (κ3) is 4.11. The van der Waals surface area contributed by atoms with Crippen molar-refractivity contribution in [1.82, 2.24) is 24.5 Å². The Hall–Kier alpha value is -2.71. The molecule has 156 valence electrons. The summed E-state index contributed by atoms with van der Waals surface area (Å²) in [6.07, 6.45) is 2.45. The van der Waals surface area contributed by atoms with Crippen molar-refractivity contribution in [3.05, 3.63) is 62.5 Å². The van der Waals surface area contributed by atoms with Crippen LogP contribution >= 0.6 is 22.9 Å². The summed E-state index contributed by atoms with van der Waals surface area (Å²) in [4.78, 5) is 24.8. The number of rotatable bonds is 8. The van der Waals surface area contributed by atoms with Gasteiger partial charge in [-0.25, -0.2) is 0 Å². The summed E-state index contributed by atoms with van der Waals surface area (Å²) in [5.74, 6) is 1.34. The highest BCUT2D eigenvalue weighted by Crippen LogP contribution is 2.20. The van der Waals surface area contributed by atoms with Gasteiger partial charge in [0.2, 0.25) is 11.7 Å². The Morgan fingerprint density at radius 3 is 2.73 bits per heavy atom. The first kappa shape index (κ1) is 20.6. The number of aromatic nitrogens is 4. The lowest BCUT2D eigenvalue weighted by Crippen LogP contribution is -2.25. The Labute approximate surface area is 182 Å². The van der Waals surface area contributed by atoms with Crippen molar-refractivity contribution in [3.8, 4) is 0 Å². The number of carbonyl (C=O) groups excluding carboxylic acids is 1. The fourth-order valence-corrected chi connectivity index (χ4v) is 4.47. The highest BCUT2D eigenvalue weighted by atomic mass is 35.5. The van der Waals surface area contributed by atoms with Gasteiger partial charge in [0, 0.05) is 31.0 Å². The smallest absolute Gasteiger partial charge is 0.272 e. The number of thiophene rings is 1. The molecule has 1 N–H and O–H groups in total. The molecule has 30 heavy (non-hydrogen) atoms. The van der Waals surface area contributed by atoms with Crippen LogP contribution in [0.25, 0.3) is 16.0 Å². The molecule has 7 nitrogen and oxygen atoms in total. The molecule has 0 aliphatic rings. The molecule has 4 rings (SSSR count).